The van der Waals surface area contributed by atoms with Crippen molar-refractivity contribution in [2.45, 2.75) is 50.2 Å². The van der Waals surface area contributed by atoms with E-state index in [0.717, 1.165) is 14.9 Å². The molecule has 46 heavy (non-hydrogen) atoms. The van der Waals surface area contributed by atoms with Crippen molar-refractivity contribution in [1.29, 1.82) is 0 Å². The topological polar surface area (TPSA) is 125 Å². The molecule has 236 valence electrons. The summed E-state index contributed by atoms with van der Waals surface area (Å²) < 4.78 is 28.9. The van der Waals surface area contributed by atoms with Gasteiger partial charge in [0.15, 0.2) is 0 Å². The van der Waals surface area contributed by atoms with Crippen LogP contribution in [0.2, 0.25) is 0 Å². The molecule has 1 unspecified atom stereocenters. The summed E-state index contributed by atoms with van der Waals surface area (Å²) in [7, 11) is -4.07. The number of carbonyl (C=O) groups excluding carboxylic acids is 3. The molecule has 2 aliphatic heterocycles. The van der Waals surface area contributed by atoms with Gasteiger partial charge in [-0.05, 0) is 48.2 Å². The highest BCUT2D eigenvalue weighted by molar-refractivity contribution is 7.90. The Labute approximate surface area is 267 Å². The monoisotopic (exact) mass is 637 g/mol. The van der Waals surface area contributed by atoms with Gasteiger partial charge < -0.3 is 20.1 Å². The van der Waals surface area contributed by atoms with Gasteiger partial charge in [0.1, 0.15) is 17.4 Å². The largest absolute Gasteiger partial charge is 0.351 e. The maximum Gasteiger partial charge on any atom is 0.271 e. The number of nitrogens with one attached hydrogen (secondary N) is 2. The number of carbonyl (C=O) groups is 3. The molecule has 3 atom stereocenters. The lowest BCUT2D eigenvalue weighted by molar-refractivity contribution is -0.138. The second-order valence-electron chi connectivity index (χ2n) is 13.2. The maximum absolute atomic E-state index is 14.1. The highest BCUT2D eigenvalue weighted by Gasteiger charge is 2.50. The van der Waals surface area contributed by atoms with Crippen LogP contribution in [-0.2, 0) is 14.8 Å². The van der Waals surface area contributed by atoms with Crippen molar-refractivity contribution >= 4 is 49.6 Å². The number of rotatable bonds is 6. The van der Waals surface area contributed by atoms with Gasteiger partial charge in [-0.15, -0.1) is 0 Å². The van der Waals surface area contributed by atoms with Crippen LogP contribution in [0.5, 0.6) is 0 Å². The Morgan fingerprint density at radius 3 is 2.13 bits per heavy atom. The number of fused-ring (bicyclic) bond motifs is 4. The van der Waals surface area contributed by atoms with E-state index in [4.69, 9.17) is 0 Å². The van der Waals surface area contributed by atoms with E-state index < -0.39 is 27.4 Å². The van der Waals surface area contributed by atoms with Crippen molar-refractivity contribution in [3.8, 4) is 0 Å². The molecule has 11 heteroatoms. The van der Waals surface area contributed by atoms with Gasteiger partial charge in [-0.25, -0.2) is 12.4 Å². The Hall–Kier alpha value is -4.90. The Morgan fingerprint density at radius 2 is 1.46 bits per heavy atom. The number of nitrogens with zero attached hydrogens (tertiary/aromatic N) is 3. The zero-order chi connectivity index (χ0) is 32.4. The third kappa shape index (κ3) is 4.95. The quantitative estimate of drug-likeness (QED) is 0.281. The molecule has 5 aromatic rings. The van der Waals surface area contributed by atoms with Crippen molar-refractivity contribution in [3.63, 3.8) is 0 Å². The van der Waals surface area contributed by atoms with Gasteiger partial charge in [0.05, 0.1) is 22.5 Å². The summed E-state index contributed by atoms with van der Waals surface area (Å²) in [6.07, 6.45) is 0.579. The molecule has 0 saturated carbocycles. The number of hydrogen-bond donors (Lipinski definition) is 2. The Balaban J connectivity index is 1.13. The summed E-state index contributed by atoms with van der Waals surface area (Å²) in [5, 5.41) is 4.52. The van der Waals surface area contributed by atoms with Crippen LogP contribution in [0, 0.1) is 5.41 Å². The first-order valence-electron chi connectivity index (χ1n) is 15.3. The van der Waals surface area contributed by atoms with Gasteiger partial charge in [-0.1, -0.05) is 75.4 Å². The number of para-hydroxylation sites is 2. The van der Waals surface area contributed by atoms with Crippen molar-refractivity contribution in [2.75, 3.05) is 13.1 Å². The van der Waals surface area contributed by atoms with Crippen LogP contribution in [0.1, 0.15) is 48.2 Å². The highest BCUT2D eigenvalue weighted by atomic mass is 32.2. The van der Waals surface area contributed by atoms with Gasteiger partial charge in [-0.2, -0.15) is 0 Å². The molecule has 2 aromatic heterocycles. The fraction of sp³-hybridized carbons (Fsp3) is 0.286. The molecule has 2 N–H and O–H groups in total. The molecule has 4 heterocycles. The van der Waals surface area contributed by atoms with Gasteiger partial charge in [0.2, 0.25) is 5.91 Å². The van der Waals surface area contributed by atoms with Gasteiger partial charge in [-0.3, -0.25) is 14.4 Å². The fourth-order valence-electron chi connectivity index (χ4n) is 6.79. The summed E-state index contributed by atoms with van der Waals surface area (Å²) in [6.45, 7) is 6.32. The average molecular weight is 638 g/mol. The predicted octanol–water partition coefficient (Wildman–Crippen LogP) is 4.63. The molecule has 0 spiro atoms. The first-order valence-corrected chi connectivity index (χ1v) is 16.8. The molecule has 2 bridgehead atoms. The molecule has 0 radical (unpaired) electrons. The molecule has 2 fully saturated rings. The van der Waals surface area contributed by atoms with Crippen LogP contribution in [-0.4, -0.2) is 76.1 Å². The summed E-state index contributed by atoms with van der Waals surface area (Å²) in [5.74, 6) is -0.954. The minimum atomic E-state index is -4.07. The van der Waals surface area contributed by atoms with E-state index in [1.807, 2.05) is 45.0 Å². The normalized spacial score (nSPS) is 18.8. The molecular weight excluding hydrogens is 602 g/mol. The number of piperazine rings is 1. The Kier molecular flexibility index (Phi) is 7.04. The highest BCUT2D eigenvalue weighted by Crippen LogP contribution is 2.36. The molecule has 7 rings (SSSR count). The molecule has 2 saturated heterocycles. The Bertz CT molecular complexity index is 2080. The number of likely N-dealkylation sites (tertiary alicyclic amines) is 2. The summed E-state index contributed by atoms with van der Waals surface area (Å²) in [4.78, 5) is 48.2. The van der Waals surface area contributed by atoms with Crippen molar-refractivity contribution < 1.29 is 22.8 Å². The van der Waals surface area contributed by atoms with Gasteiger partial charge in [0.25, 0.3) is 21.8 Å². The third-order valence-electron chi connectivity index (χ3n) is 9.11. The lowest BCUT2D eigenvalue weighted by Crippen LogP contribution is -2.59. The van der Waals surface area contributed by atoms with Crippen LogP contribution in [0.15, 0.2) is 95.9 Å². The van der Waals surface area contributed by atoms with E-state index >= 15 is 0 Å². The lowest BCUT2D eigenvalue weighted by atomic mass is 9.85. The summed E-state index contributed by atoms with van der Waals surface area (Å²) >= 11 is 0. The molecule has 3 aromatic carbocycles. The number of benzene rings is 3. The minimum Gasteiger partial charge on any atom is -0.351 e. The van der Waals surface area contributed by atoms with Crippen LogP contribution < -0.4 is 5.32 Å². The van der Waals surface area contributed by atoms with Crippen LogP contribution in [0.3, 0.4) is 0 Å². The van der Waals surface area contributed by atoms with E-state index in [-0.39, 0.29) is 41.0 Å². The number of aromatic amines is 1. The van der Waals surface area contributed by atoms with Gasteiger partial charge >= 0.3 is 0 Å². The number of amides is 3. The van der Waals surface area contributed by atoms with E-state index in [9.17, 15) is 22.8 Å². The summed E-state index contributed by atoms with van der Waals surface area (Å²) in [6, 6.07) is 24.8. The molecule has 0 aliphatic carbocycles. The standard InChI is InChI=1S/C35H35N5O5S/c1-35(2,3)31(37-32(41)28-17-22-11-7-9-15-27(22)36-28)34(43)39-21-24-19-25(39)20-38(24)33(42)30-18-23-12-8-10-16-29(23)40(30)46(44,45)26-13-5-4-6-14-26/h4-18,24-25,31,36H,19-21H2,1-3H3,(H,37,41)/t24-,25-,31?/m0/s1. The molecule has 2 aliphatic rings. The molecule has 10 nitrogen and oxygen atoms in total. The lowest BCUT2D eigenvalue weighted by Gasteiger charge is -2.39. The smallest absolute Gasteiger partial charge is 0.271 e. The first kappa shape index (κ1) is 29.8. The van der Waals surface area contributed by atoms with Gasteiger partial charge in [0, 0.05) is 29.4 Å². The van der Waals surface area contributed by atoms with E-state index in [1.165, 1.54) is 12.1 Å². The van der Waals surface area contributed by atoms with Crippen LogP contribution >= 0.6 is 0 Å². The van der Waals surface area contributed by atoms with Crippen molar-refractivity contribution in [1.82, 2.24) is 24.1 Å². The second kappa shape index (κ2) is 10.9. The third-order valence-corrected chi connectivity index (χ3v) is 10.9. The SMILES string of the molecule is CC(C)(C)C(NC(=O)c1cc2ccccc2[nH]1)C(=O)N1C[C@@H]2C[C@H]1CN2C(=O)c1cc2ccccc2n1S(=O)(=O)c1ccccc1. The van der Waals surface area contributed by atoms with Crippen LogP contribution in [0.4, 0.5) is 0 Å². The average Bonchev–Trinajstić information content (AvgIpc) is 3.84. The van der Waals surface area contributed by atoms with E-state index in [2.05, 4.69) is 10.3 Å². The first-order chi connectivity index (χ1) is 21.9. The van der Waals surface area contributed by atoms with E-state index in [0.29, 0.717) is 29.6 Å². The number of H-pyrrole nitrogens is 1. The molecule has 3 amide bonds. The fourth-order valence-corrected chi connectivity index (χ4v) is 8.31. The number of aromatic nitrogens is 2. The number of hydrogen-bond acceptors (Lipinski definition) is 5. The zero-order valence-electron chi connectivity index (χ0n) is 25.8. The van der Waals surface area contributed by atoms with Crippen molar-refractivity contribution in [2.24, 2.45) is 5.41 Å². The second-order valence-corrected chi connectivity index (χ2v) is 15.0. The zero-order valence-corrected chi connectivity index (χ0v) is 26.6. The maximum atomic E-state index is 14.1. The molecular formula is C35H35N5O5S. The van der Waals surface area contributed by atoms with Crippen LogP contribution in [0.25, 0.3) is 21.8 Å². The predicted molar refractivity (Wildman–Crippen MR) is 175 cm³/mol. The van der Waals surface area contributed by atoms with E-state index in [1.54, 1.807) is 64.4 Å². The Morgan fingerprint density at radius 1 is 0.826 bits per heavy atom. The summed E-state index contributed by atoms with van der Waals surface area (Å²) in [5.41, 5.74) is 1.12. The minimum absolute atomic E-state index is 0.0636. The van der Waals surface area contributed by atoms with Crippen molar-refractivity contribution in [3.05, 3.63) is 102 Å².